The standard InChI is InChI=1S/C32H41ClFN3O5/c1-22(23-2-4-24(5-3-23)27-10-12-36-30-9-6-25(34)20-28(27)30)32(38)37-26-7-8-29(33)31(21-26)42-19-18-41-17-16-40-15-14-39-13-11-35/h6-10,12,20-24H,2-5,11,13-19,35H2,1H3,(H,37,38)/t22-,23?,24?/m1/s1. The van der Waals surface area contributed by atoms with E-state index in [4.69, 9.17) is 36.3 Å². The fraction of sp³-hybridized carbons (Fsp3) is 0.500. The fourth-order valence-electron chi connectivity index (χ4n) is 5.42. The van der Waals surface area contributed by atoms with Gasteiger partial charge in [0.2, 0.25) is 5.91 Å². The molecule has 0 spiro atoms. The second kappa shape index (κ2) is 16.7. The summed E-state index contributed by atoms with van der Waals surface area (Å²) in [5.74, 6) is 0.661. The van der Waals surface area contributed by atoms with Gasteiger partial charge in [-0.2, -0.15) is 0 Å². The maximum atomic E-state index is 13.9. The van der Waals surface area contributed by atoms with Crippen molar-refractivity contribution in [2.45, 2.75) is 38.5 Å². The average molecular weight is 602 g/mol. The van der Waals surface area contributed by atoms with Crippen molar-refractivity contribution in [1.82, 2.24) is 4.98 Å². The van der Waals surface area contributed by atoms with Gasteiger partial charge in [-0.1, -0.05) is 18.5 Å². The smallest absolute Gasteiger partial charge is 0.227 e. The molecule has 42 heavy (non-hydrogen) atoms. The highest BCUT2D eigenvalue weighted by Gasteiger charge is 2.30. The first kappa shape index (κ1) is 32.1. The number of hydrogen-bond donors (Lipinski definition) is 2. The molecule has 0 radical (unpaired) electrons. The lowest BCUT2D eigenvalue weighted by Crippen LogP contribution is -2.29. The van der Waals surface area contributed by atoms with Crippen molar-refractivity contribution in [3.8, 4) is 5.75 Å². The monoisotopic (exact) mass is 601 g/mol. The molecule has 1 saturated carbocycles. The molecule has 1 aliphatic rings. The number of aromatic nitrogens is 1. The third-order valence-electron chi connectivity index (χ3n) is 7.76. The van der Waals surface area contributed by atoms with Gasteiger partial charge in [0.1, 0.15) is 18.2 Å². The summed E-state index contributed by atoms with van der Waals surface area (Å²) < 4.78 is 35.9. The zero-order chi connectivity index (χ0) is 29.7. The zero-order valence-corrected chi connectivity index (χ0v) is 24.9. The Labute approximate surface area is 252 Å². The average Bonchev–Trinajstić information content (AvgIpc) is 3.00. The Morgan fingerprint density at radius 2 is 1.67 bits per heavy atom. The normalized spacial score (nSPS) is 17.7. The molecule has 10 heteroatoms. The zero-order valence-electron chi connectivity index (χ0n) is 24.2. The summed E-state index contributed by atoms with van der Waals surface area (Å²) in [4.78, 5) is 17.5. The number of ether oxygens (including phenoxy) is 4. The lowest BCUT2D eigenvalue weighted by molar-refractivity contribution is -0.121. The van der Waals surface area contributed by atoms with Gasteiger partial charge in [0.05, 0.1) is 50.2 Å². The Hall–Kier alpha value is -2.82. The summed E-state index contributed by atoms with van der Waals surface area (Å²) in [6, 6.07) is 12.0. The second-order valence-electron chi connectivity index (χ2n) is 10.6. The van der Waals surface area contributed by atoms with Crippen molar-refractivity contribution in [3.63, 3.8) is 0 Å². The number of carbonyl (C=O) groups excluding carboxylic acids is 1. The SMILES string of the molecule is C[C@@H](C(=O)Nc1ccc(Cl)c(OCCOCCOCCOCCN)c1)C1CCC(c2ccnc3ccc(F)cc23)CC1. The van der Waals surface area contributed by atoms with Gasteiger partial charge in [0.15, 0.2) is 0 Å². The molecule has 0 saturated heterocycles. The maximum Gasteiger partial charge on any atom is 0.227 e. The van der Waals surface area contributed by atoms with Crippen LogP contribution in [0.15, 0.2) is 48.7 Å². The molecule has 0 unspecified atom stereocenters. The van der Waals surface area contributed by atoms with E-state index in [0.717, 1.165) is 42.1 Å². The van der Waals surface area contributed by atoms with Crippen molar-refractivity contribution in [2.75, 3.05) is 58.1 Å². The number of fused-ring (bicyclic) bond motifs is 1. The van der Waals surface area contributed by atoms with Crippen molar-refractivity contribution in [1.29, 1.82) is 0 Å². The van der Waals surface area contributed by atoms with E-state index >= 15 is 0 Å². The highest BCUT2D eigenvalue weighted by molar-refractivity contribution is 6.32. The van der Waals surface area contributed by atoms with Crippen LogP contribution >= 0.6 is 11.6 Å². The molecule has 1 aromatic heterocycles. The molecule has 2 aromatic carbocycles. The molecule has 1 amide bonds. The van der Waals surface area contributed by atoms with Crippen molar-refractivity contribution in [2.24, 2.45) is 17.6 Å². The van der Waals surface area contributed by atoms with E-state index in [1.807, 2.05) is 13.0 Å². The fourth-order valence-corrected chi connectivity index (χ4v) is 5.60. The van der Waals surface area contributed by atoms with E-state index < -0.39 is 0 Å². The van der Waals surface area contributed by atoms with Crippen molar-refractivity contribution >= 4 is 34.1 Å². The minimum absolute atomic E-state index is 0.0279. The molecule has 8 nitrogen and oxygen atoms in total. The van der Waals surface area contributed by atoms with Crippen LogP contribution in [0.2, 0.25) is 5.02 Å². The Bertz CT molecular complexity index is 1290. The van der Waals surface area contributed by atoms with Crippen LogP contribution in [0.5, 0.6) is 5.75 Å². The lowest BCUT2D eigenvalue weighted by atomic mass is 9.73. The van der Waals surface area contributed by atoms with Gasteiger partial charge >= 0.3 is 0 Å². The molecular formula is C32H41ClFN3O5. The van der Waals surface area contributed by atoms with E-state index in [1.165, 1.54) is 6.07 Å². The van der Waals surface area contributed by atoms with Gasteiger partial charge in [-0.25, -0.2) is 4.39 Å². The van der Waals surface area contributed by atoms with Crippen molar-refractivity contribution < 1.29 is 28.1 Å². The van der Waals surface area contributed by atoms with Crippen LogP contribution in [0, 0.1) is 17.7 Å². The lowest BCUT2D eigenvalue weighted by Gasteiger charge is -2.32. The van der Waals surface area contributed by atoms with Crippen LogP contribution in [0.1, 0.15) is 44.1 Å². The number of carbonyl (C=O) groups is 1. The molecule has 3 N–H and O–H groups in total. The highest BCUT2D eigenvalue weighted by atomic mass is 35.5. The molecule has 3 aromatic rings. The van der Waals surface area contributed by atoms with Gasteiger partial charge in [-0.05, 0) is 79.5 Å². The number of rotatable bonds is 16. The minimum Gasteiger partial charge on any atom is -0.490 e. The number of anilines is 1. The van der Waals surface area contributed by atoms with Crippen LogP contribution in [0.4, 0.5) is 10.1 Å². The second-order valence-corrected chi connectivity index (χ2v) is 11.0. The van der Waals surface area contributed by atoms with Crippen molar-refractivity contribution in [3.05, 3.63) is 65.1 Å². The summed E-state index contributed by atoms with van der Waals surface area (Å²) in [5, 5.41) is 4.37. The number of nitrogens with zero attached hydrogens (tertiary/aromatic N) is 1. The van der Waals surface area contributed by atoms with E-state index in [1.54, 1.807) is 36.5 Å². The minimum atomic E-state index is -0.248. The number of pyridine rings is 1. The van der Waals surface area contributed by atoms with E-state index in [0.29, 0.717) is 75.2 Å². The number of hydrogen-bond acceptors (Lipinski definition) is 7. The van der Waals surface area contributed by atoms with Crippen LogP contribution in [0.3, 0.4) is 0 Å². The van der Waals surface area contributed by atoms with Gasteiger partial charge in [-0.15, -0.1) is 0 Å². The molecule has 1 atom stereocenters. The largest absolute Gasteiger partial charge is 0.490 e. The number of nitrogens with two attached hydrogens (primary N) is 1. The van der Waals surface area contributed by atoms with E-state index in [9.17, 15) is 9.18 Å². The quantitative estimate of drug-likeness (QED) is 0.195. The Morgan fingerprint density at radius 1 is 0.976 bits per heavy atom. The van der Waals surface area contributed by atoms with Crippen LogP contribution in [-0.4, -0.2) is 63.7 Å². The number of halogens is 2. The topological polar surface area (TPSA) is 105 Å². The maximum absolute atomic E-state index is 13.9. The Balaban J connectivity index is 1.19. The molecule has 1 fully saturated rings. The predicted molar refractivity (Wildman–Crippen MR) is 163 cm³/mol. The van der Waals surface area contributed by atoms with E-state index in [-0.39, 0.29) is 23.6 Å². The summed E-state index contributed by atoms with van der Waals surface area (Å²) in [6.45, 7) is 5.63. The first-order valence-electron chi connectivity index (χ1n) is 14.7. The van der Waals surface area contributed by atoms with Gasteiger partial charge in [0.25, 0.3) is 0 Å². The number of amides is 1. The third kappa shape index (κ3) is 9.34. The summed E-state index contributed by atoms with van der Waals surface area (Å²) >= 11 is 6.32. The molecule has 1 aliphatic carbocycles. The molecule has 228 valence electrons. The molecule has 1 heterocycles. The molecular weight excluding hydrogens is 561 g/mol. The Morgan fingerprint density at radius 3 is 2.38 bits per heavy atom. The Kier molecular flexibility index (Phi) is 12.8. The number of nitrogens with one attached hydrogen (secondary N) is 1. The summed E-state index contributed by atoms with van der Waals surface area (Å²) in [7, 11) is 0. The van der Waals surface area contributed by atoms with Gasteiger partial charge in [-0.3, -0.25) is 9.78 Å². The third-order valence-corrected chi connectivity index (χ3v) is 8.07. The first-order chi connectivity index (χ1) is 20.5. The van der Waals surface area contributed by atoms with Gasteiger partial charge < -0.3 is 30.0 Å². The highest BCUT2D eigenvalue weighted by Crippen LogP contribution is 2.41. The summed E-state index contributed by atoms with van der Waals surface area (Å²) in [5.41, 5.74) is 7.95. The van der Waals surface area contributed by atoms with Crippen LogP contribution in [0.25, 0.3) is 10.9 Å². The molecule has 0 bridgehead atoms. The summed E-state index contributed by atoms with van der Waals surface area (Å²) in [6.07, 6.45) is 5.57. The molecule has 0 aliphatic heterocycles. The predicted octanol–water partition coefficient (Wildman–Crippen LogP) is 5.96. The molecule has 4 rings (SSSR count). The number of benzene rings is 2. The van der Waals surface area contributed by atoms with Crippen LogP contribution < -0.4 is 15.8 Å². The van der Waals surface area contributed by atoms with Gasteiger partial charge in [0, 0.05) is 35.8 Å². The van der Waals surface area contributed by atoms with Crippen LogP contribution in [-0.2, 0) is 19.0 Å². The van der Waals surface area contributed by atoms with E-state index in [2.05, 4.69) is 10.3 Å². The first-order valence-corrected chi connectivity index (χ1v) is 15.0.